The van der Waals surface area contributed by atoms with E-state index in [2.05, 4.69) is 23.4 Å². The van der Waals surface area contributed by atoms with E-state index in [1.54, 1.807) is 0 Å². The highest BCUT2D eigenvalue weighted by Crippen LogP contribution is 2.31. The van der Waals surface area contributed by atoms with Crippen molar-refractivity contribution in [2.75, 3.05) is 6.61 Å². The Morgan fingerprint density at radius 3 is 2.83 bits per heavy atom. The van der Waals surface area contributed by atoms with Gasteiger partial charge in [0.1, 0.15) is 4.83 Å². The maximum absolute atomic E-state index is 12.4. The summed E-state index contributed by atoms with van der Waals surface area (Å²) in [6.07, 6.45) is 0.548. The van der Waals surface area contributed by atoms with Crippen molar-refractivity contribution < 1.29 is 9.90 Å². The van der Waals surface area contributed by atoms with Crippen molar-refractivity contribution >= 4 is 27.5 Å². The average Bonchev–Trinajstić information content (AvgIpc) is 3.09. The van der Waals surface area contributed by atoms with Crippen LogP contribution in [0.1, 0.15) is 34.3 Å². The number of carbonyl (C=O) groups is 1. The molecule has 0 aliphatic rings. The van der Waals surface area contributed by atoms with Crippen LogP contribution < -0.4 is 5.32 Å². The third kappa shape index (κ3) is 3.07. The first-order valence-corrected chi connectivity index (χ1v) is 8.79. The van der Waals surface area contributed by atoms with Crippen LogP contribution in [0.2, 0.25) is 0 Å². The van der Waals surface area contributed by atoms with Crippen LogP contribution in [-0.4, -0.2) is 33.4 Å². The molecule has 0 aliphatic heterocycles. The Morgan fingerprint density at radius 2 is 2.12 bits per heavy atom. The van der Waals surface area contributed by atoms with Crippen molar-refractivity contribution in [1.29, 1.82) is 0 Å². The largest absolute Gasteiger partial charge is 0.396 e. The first-order chi connectivity index (χ1) is 11.5. The van der Waals surface area contributed by atoms with Crippen molar-refractivity contribution in [2.45, 2.75) is 33.2 Å². The minimum atomic E-state index is -0.104. The number of para-hydroxylation sites is 1. The molecule has 1 amide bonds. The number of fused-ring (bicyclic) bond motifs is 1. The molecule has 3 rings (SSSR count). The van der Waals surface area contributed by atoms with E-state index < -0.39 is 0 Å². The second kappa shape index (κ2) is 6.75. The summed E-state index contributed by atoms with van der Waals surface area (Å²) in [6.45, 7) is 5.97. The van der Waals surface area contributed by atoms with E-state index >= 15 is 0 Å². The molecule has 1 unspecified atom stereocenters. The highest BCUT2D eigenvalue weighted by molar-refractivity contribution is 7.20. The van der Waals surface area contributed by atoms with Gasteiger partial charge >= 0.3 is 0 Å². The number of aryl methyl sites for hydroxylation is 2. The first-order valence-electron chi connectivity index (χ1n) is 7.98. The van der Waals surface area contributed by atoms with Gasteiger partial charge in [0.15, 0.2) is 0 Å². The fourth-order valence-electron chi connectivity index (χ4n) is 2.68. The van der Waals surface area contributed by atoms with Gasteiger partial charge in [0.25, 0.3) is 5.91 Å². The van der Waals surface area contributed by atoms with E-state index in [4.69, 9.17) is 5.11 Å². The molecule has 5 nitrogen and oxygen atoms in total. The molecule has 2 heterocycles. The fraction of sp³-hybridized carbons (Fsp3) is 0.333. The van der Waals surface area contributed by atoms with Gasteiger partial charge in [0.2, 0.25) is 0 Å². The van der Waals surface area contributed by atoms with Gasteiger partial charge in [-0.2, -0.15) is 5.10 Å². The quantitative estimate of drug-likeness (QED) is 0.747. The third-order valence-corrected chi connectivity index (χ3v) is 5.16. The van der Waals surface area contributed by atoms with Gasteiger partial charge in [0.05, 0.1) is 16.3 Å². The Kier molecular flexibility index (Phi) is 4.69. The van der Waals surface area contributed by atoms with Crippen LogP contribution in [0.25, 0.3) is 15.9 Å². The number of hydrogen-bond acceptors (Lipinski definition) is 4. The summed E-state index contributed by atoms with van der Waals surface area (Å²) in [7, 11) is 0. The molecule has 0 aliphatic carbocycles. The average molecular weight is 343 g/mol. The van der Waals surface area contributed by atoms with Crippen LogP contribution in [0.3, 0.4) is 0 Å². The maximum Gasteiger partial charge on any atom is 0.261 e. The van der Waals surface area contributed by atoms with Gasteiger partial charge in [-0.3, -0.25) is 4.79 Å². The molecule has 24 heavy (non-hydrogen) atoms. The normalized spacial score (nSPS) is 12.5. The summed E-state index contributed by atoms with van der Waals surface area (Å²) in [6, 6.07) is 9.92. The summed E-state index contributed by atoms with van der Waals surface area (Å²) < 4.78 is 1.92. The van der Waals surface area contributed by atoms with E-state index in [1.165, 1.54) is 11.3 Å². The minimum absolute atomic E-state index is 0.0540. The lowest BCUT2D eigenvalue weighted by Gasteiger charge is -2.11. The van der Waals surface area contributed by atoms with Gasteiger partial charge in [-0.25, -0.2) is 4.68 Å². The SMILES string of the molecule is Cc1ccccc1-n1nc(C)c2cc(C(=O)NC(C)CCO)sc21. The predicted octanol–water partition coefficient (Wildman–Crippen LogP) is 3.20. The molecule has 3 aromatic rings. The van der Waals surface area contributed by atoms with Crippen molar-refractivity contribution in [3.05, 3.63) is 46.5 Å². The maximum atomic E-state index is 12.4. The minimum Gasteiger partial charge on any atom is -0.396 e. The lowest BCUT2D eigenvalue weighted by atomic mass is 10.2. The summed E-state index contributed by atoms with van der Waals surface area (Å²) in [5.41, 5.74) is 3.07. The molecule has 0 saturated heterocycles. The molecule has 2 aromatic heterocycles. The molecule has 0 bridgehead atoms. The van der Waals surface area contributed by atoms with Crippen molar-refractivity contribution in [2.24, 2.45) is 0 Å². The third-order valence-electron chi connectivity index (χ3n) is 4.05. The Bertz CT molecular complexity index is 882. The Balaban J connectivity index is 1.99. The van der Waals surface area contributed by atoms with E-state index in [-0.39, 0.29) is 18.6 Å². The Labute approximate surface area is 144 Å². The Hall–Kier alpha value is -2.18. The van der Waals surface area contributed by atoms with Crippen molar-refractivity contribution in [3.8, 4) is 5.69 Å². The Morgan fingerprint density at radius 1 is 1.38 bits per heavy atom. The number of carbonyl (C=O) groups excluding carboxylic acids is 1. The van der Waals surface area contributed by atoms with E-state index in [0.717, 1.165) is 27.2 Å². The van der Waals surface area contributed by atoms with E-state index in [1.807, 2.05) is 42.8 Å². The molecule has 2 N–H and O–H groups in total. The lowest BCUT2D eigenvalue weighted by molar-refractivity contribution is 0.0938. The molecule has 126 valence electrons. The number of aliphatic hydroxyl groups excluding tert-OH is 1. The zero-order chi connectivity index (χ0) is 17.3. The molecular weight excluding hydrogens is 322 g/mol. The predicted molar refractivity (Wildman–Crippen MR) is 97.1 cm³/mol. The zero-order valence-corrected chi connectivity index (χ0v) is 14.9. The van der Waals surface area contributed by atoms with Gasteiger partial charge in [-0.15, -0.1) is 11.3 Å². The van der Waals surface area contributed by atoms with Crippen LogP contribution in [0.4, 0.5) is 0 Å². The van der Waals surface area contributed by atoms with Crippen LogP contribution >= 0.6 is 11.3 Å². The number of hydrogen-bond donors (Lipinski definition) is 2. The number of amides is 1. The molecule has 0 fully saturated rings. The van der Waals surface area contributed by atoms with Crippen LogP contribution in [-0.2, 0) is 0 Å². The standard InChI is InChI=1S/C18H21N3O2S/c1-11-6-4-5-7-15(11)21-18-14(13(3)20-21)10-16(24-18)17(23)19-12(2)8-9-22/h4-7,10,12,22H,8-9H2,1-3H3,(H,19,23). The monoisotopic (exact) mass is 343 g/mol. The van der Waals surface area contributed by atoms with E-state index in [0.29, 0.717) is 11.3 Å². The van der Waals surface area contributed by atoms with Crippen LogP contribution in [0, 0.1) is 13.8 Å². The molecule has 0 saturated carbocycles. The fourth-order valence-corrected chi connectivity index (χ4v) is 3.76. The first kappa shape index (κ1) is 16.7. The highest BCUT2D eigenvalue weighted by Gasteiger charge is 2.18. The summed E-state index contributed by atoms with van der Waals surface area (Å²) in [4.78, 5) is 14.0. The number of aliphatic hydroxyl groups is 1. The van der Waals surface area contributed by atoms with Crippen molar-refractivity contribution in [3.63, 3.8) is 0 Å². The lowest BCUT2D eigenvalue weighted by Crippen LogP contribution is -2.32. The van der Waals surface area contributed by atoms with E-state index in [9.17, 15) is 4.79 Å². The van der Waals surface area contributed by atoms with Crippen molar-refractivity contribution in [1.82, 2.24) is 15.1 Å². The highest BCUT2D eigenvalue weighted by atomic mass is 32.1. The number of nitrogens with one attached hydrogen (secondary N) is 1. The van der Waals surface area contributed by atoms with Crippen LogP contribution in [0.5, 0.6) is 0 Å². The van der Waals surface area contributed by atoms with Gasteiger partial charge in [-0.05, 0) is 44.9 Å². The molecule has 6 heteroatoms. The number of benzene rings is 1. The smallest absolute Gasteiger partial charge is 0.261 e. The molecular formula is C18H21N3O2S. The number of rotatable bonds is 5. The summed E-state index contributed by atoms with van der Waals surface area (Å²) in [5.74, 6) is -0.104. The number of thiophene rings is 1. The second-order valence-electron chi connectivity index (χ2n) is 6.00. The van der Waals surface area contributed by atoms with Crippen LogP contribution in [0.15, 0.2) is 30.3 Å². The molecule has 0 spiro atoms. The number of nitrogens with zero attached hydrogens (tertiary/aromatic N) is 2. The van der Waals surface area contributed by atoms with Gasteiger partial charge in [-0.1, -0.05) is 18.2 Å². The summed E-state index contributed by atoms with van der Waals surface area (Å²) >= 11 is 1.44. The molecule has 1 aromatic carbocycles. The number of aromatic nitrogens is 2. The zero-order valence-electron chi connectivity index (χ0n) is 14.0. The molecule has 0 radical (unpaired) electrons. The topological polar surface area (TPSA) is 67.2 Å². The van der Waals surface area contributed by atoms with Gasteiger partial charge in [0, 0.05) is 18.0 Å². The second-order valence-corrected chi connectivity index (χ2v) is 7.03. The summed E-state index contributed by atoms with van der Waals surface area (Å²) in [5, 5.41) is 17.5. The molecule has 1 atom stereocenters. The van der Waals surface area contributed by atoms with Gasteiger partial charge < -0.3 is 10.4 Å².